The van der Waals surface area contributed by atoms with Gasteiger partial charge in [0.05, 0.1) is 5.56 Å². The van der Waals surface area contributed by atoms with E-state index in [1.807, 2.05) is 42.5 Å². The summed E-state index contributed by atoms with van der Waals surface area (Å²) >= 11 is 0. The molecule has 0 spiro atoms. The van der Waals surface area contributed by atoms with E-state index in [9.17, 15) is 9.59 Å². The number of hydrogen-bond acceptors (Lipinski definition) is 2. The highest BCUT2D eigenvalue weighted by Gasteiger charge is 2.11. The molecule has 4 heteroatoms. The molecule has 2 N–H and O–H groups in total. The van der Waals surface area contributed by atoms with Gasteiger partial charge >= 0.3 is 0 Å². The van der Waals surface area contributed by atoms with Crippen LogP contribution in [0.1, 0.15) is 35.7 Å². The van der Waals surface area contributed by atoms with Crippen molar-refractivity contribution in [3.05, 3.63) is 76.1 Å². The molecule has 0 aliphatic carbocycles. The maximum atomic E-state index is 12.6. The number of amides is 1. The Labute approximate surface area is 140 Å². The molecular formula is C20H20N2O2. The molecule has 0 unspecified atom stereocenters. The summed E-state index contributed by atoms with van der Waals surface area (Å²) in [7, 11) is 0. The van der Waals surface area contributed by atoms with Crippen molar-refractivity contribution >= 4 is 22.5 Å². The number of unbranched alkanes of at least 4 members (excludes halogenated alkanes) is 1. The summed E-state index contributed by atoms with van der Waals surface area (Å²) in [5, 5.41) is 3.60. The standard InChI is InChI=1S/C20H20N2O2/c1-2-3-6-14-9-11-15(12-10-14)21-20(24)17-13-19(23)22-18-8-5-4-7-16(17)18/h4-5,7-13H,2-3,6H2,1H3,(H,21,24)(H,22,23). The molecule has 1 heterocycles. The van der Waals surface area contributed by atoms with Crippen molar-refractivity contribution in [2.45, 2.75) is 26.2 Å². The molecule has 0 bridgehead atoms. The number of aryl methyl sites for hydroxylation is 1. The molecule has 1 amide bonds. The third kappa shape index (κ3) is 3.54. The quantitative estimate of drug-likeness (QED) is 0.742. The van der Waals surface area contributed by atoms with Gasteiger partial charge in [-0.25, -0.2) is 0 Å². The van der Waals surface area contributed by atoms with Crippen molar-refractivity contribution in [2.75, 3.05) is 5.32 Å². The number of anilines is 1. The lowest BCUT2D eigenvalue weighted by Gasteiger charge is -2.08. The highest BCUT2D eigenvalue weighted by atomic mass is 16.2. The van der Waals surface area contributed by atoms with Gasteiger partial charge in [-0.2, -0.15) is 0 Å². The van der Waals surface area contributed by atoms with Gasteiger partial charge in [0.25, 0.3) is 5.91 Å². The second-order valence-electron chi connectivity index (χ2n) is 5.85. The van der Waals surface area contributed by atoms with Gasteiger partial charge in [0.15, 0.2) is 0 Å². The van der Waals surface area contributed by atoms with Gasteiger partial charge in [-0.05, 0) is 36.6 Å². The topological polar surface area (TPSA) is 62.0 Å². The first-order chi connectivity index (χ1) is 11.7. The van der Waals surface area contributed by atoms with Gasteiger partial charge in [0.1, 0.15) is 0 Å². The van der Waals surface area contributed by atoms with E-state index in [0.29, 0.717) is 11.1 Å². The van der Waals surface area contributed by atoms with Crippen LogP contribution in [-0.4, -0.2) is 10.9 Å². The summed E-state index contributed by atoms with van der Waals surface area (Å²) in [6.07, 6.45) is 3.36. The Morgan fingerprint density at radius 3 is 2.58 bits per heavy atom. The first-order valence-corrected chi connectivity index (χ1v) is 8.19. The van der Waals surface area contributed by atoms with Crippen LogP contribution in [0.2, 0.25) is 0 Å². The van der Waals surface area contributed by atoms with E-state index in [4.69, 9.17) is 0 Å². The lowest BCUT2D eigenvalue weighted by molar-refractivity contribution is 0.102. The van der Waals surface area contributed by atoms with E-state index in [1.165, 1.54) is 11.6 Å². The Morgan fingerprint density at radius 1 is 1.08 bits per heavy atom. The van der Waals surface area contributed by atoms with Gasteiger partial charge in [-0.15, -0.1) is 0 Å². The van der Waals surface area contributed by atoms with Crippen LogP contribution >= 0.6 is 0 Å². The molecule has 0 aliphatic heterocycles. The first-order valence-electron chi connectivity index (χ1n) is 8.19. The number of aromatic amines is 1. The fraction of sp³-hybridized carbons (Fsp3) is 0.200. The monoisotopic (exact) mass is 320 g/mol. The van der Waals surface area contributed by atoms with Gasteiger partial charge < -0.3 is 10.3 Å². The number of fused-ring (bicyclic) bond motifs is 1. The summed E-state index contributed by atoms with van der Waals surface area (Å²) < 4.78 is 0. The Kier molecular flexibility index (Phi) is 4.75. The maximum absolute atomic E-state index is 12.6. The minimum absolute atomic E-state index is 0.279. The lowest BCUT2D eigenvalue weighted by atomic mass is 10.1. The first kappa shape index (κ1) is 16.0. The molecule has 3 aromatic rings. The van der Waals surface area contributed by atoms with E-state index in [0.717, 1.165) is 30.3 Å². The third-order valence-electron chi connectivity index (χ3n) is 4.03. The van der Waals surface area contributed by atoms with Crippen molar-refractivity contribution < 1.29 is 4.79 Å². The Morgan fingerprint density at radius 2 is 1.83 bits per heavy atom. The highest BCUT2D eigenvalue weighted by molar-refractivity contribution is 6.12. The molecule has 0 saturated heterocycles. The van der Waals surface area contributed by atoms with E-state index in [-0.39, 0.29) is 11.5 Å². The minimum Gasteiger partial charge on any atom is -0.322 e. The average Bonchev–Trinajstić information content (AvgIpc) is 2.60. The second-order valence-corrected chi connectivity index (χ2v) is 5.85. The summed E-state index contributed by atoms with van der Waals surface area (Å²) in [6, 6.07) is 16.5. The Hall–Kier alpha value is -2.88. The summed E-state index contributed by atoms with van der Waals surface area (Å²) in [5.41, 5.74) is 2.74. The predicted molar refractivity (Wildman–Crippen MR) is 97.6 cm³/mol. The lowest BCUT2D eigenvalue weighted by Crippen LogP contribution is -2.16. The van der Waals surface area contributed by atoms with Crippen LogP contribution in [0.4, 0.5) is 5.69 Å². The van der Waals surface area contributed by atoms with Crippen molar-refractivity contribution in [2.24, 2.45) is 0 Å². The van der Waals surface area contributed by atoms with Crippen LogP contribution in [0.5, 0.6) is 0 Å². The zero-order chi connectivity index (χ0) is 16.9. The number of rotatable bonds is 5. The van der Waals surface area contributed by atoms with E-state index in [2.05, 4.69) is 17.2 Å². The number of hydrogen-bond donors (Lipinski definition) is 2. The van der Waals surface area contributed by atoms with Gasteiger partial charge in [0.2, 0.25) is 5.56 Å². The Bertz CT molecular complexity index is 911. The number of H-pyrrole nitrogens is 1. The molecule has 3 rings (SSSR count). The summed E-state index contributed by atoms with van der Waals surface area (Å²) in [4.78, 5) is 27.1. The molecule has 0 fully saturated rings. The number of benzene rings is 2. The predicted octanol–water partition coefficient (Wildman–Crippen LogP) is 4.12. The normalized spacial score (nSPS) is 10.7. The molecule has 0 aliphatic rings. The number of pyridine rings is 1. The minimum atomic E-state index is -0.284. The Balaban J connectivity index is 1.84. The van der Waals surface area contributed by atoms with Crippen molar-refractivity contribution in [3.63, 3.8) is 0 Å². The number of carbonyl (C=O) groups excluding carboxylic acids is 1. The zero-order valence-corrected chi connectivity index (χ0v) is 13.6. The summed E-state index contributed by atoms with van der Waals surface area (Å²) in [6.45, 7) is 2.17. The van der Waals surface area contributed by atoms with Gasteiger partial charge in [-0.3, -0.25) is 9.59 Å². The number of nitrogens with one attached hydrogen (secondary N) is 2. The molecule has 2 aromatic carbocycles. The van der Waals surface area contributed by atoms with Gasteiger partial charge in [0, 0.05) is 22.7 Å². The number of para-hydroxylation sites is 1. The van der Waals surface area contributed by atoms with Crippen molar-refractivity contribution in [1.82, 2.24) is 4.98 Å². The average molecular weight is 320 g/mol. The molecular weight excluding hydrogens is 300 g/mol. The number of carbonyl (C=O) groups is 1. The van der Waals surface area contributed by atoms with Crippen LogP contribution in [0.3, 0.4) is 0 Å². The van der Waals surface area contributed by atoms with Crippen LogP contribution in [0.25, 0.3) is 10.9 Å². The van der Waals surface area contributed by atoms with Crippen molar-refractivity contribution in [1.29, 1.82) is 0 Å². The largest absolute Gasteiger partial charge is 0.322 e. The molecule has 1 aromatic heterocycles. The molecule has 0 radical (unpaired) electrons. The fourth-order valence-electron chi connectivity index (χ4n) is 2.73. The van der Waals surface area contributed by atoms with Crippen molar-refractivity contribution in [3.8, 4) is 0 Å². The fourth-order valence-corrected chi connectivity index (χ4v) is 2.73. The second kappa shape index (κ2) is 7.13. The zero-order valence-electron chi connectivity index (χ0n) is 13.6. The van der Waals surface area contributed by atoms with Crippen LogP contribution in [0, 0.1) is 0 Å². The molecule has 24 heavy (non-hydrogen) atoms. The van der Waals surface area contributed by atoms with Crippen LogP contribution in [-0.2, 0) is 6.42 Å². The van der Waals surface area contributed by atoms with Crippen LogP contribution in [0.15, 0.2) is 59.4 Å². The van der Waals surface area contributed by atoms with E-state index < -0.39 is 0 Å². The molecule has 0 atom stereocenters. The summed E-state index contributed by atoms with van der Waals surface area (Å²) in [5.74, 6) is -0.279. The molecule has 0 saturated carbocycles. The smallest absolute Gasteiger partial charge is 0.256 e. The molecule has 122 valence electrons. The van der Waals surface area contributed by atoms with E-state index in [1.54, 1.807) is 6.07 Å². The highest BCUT2D eigenvalue weighted by Crippen LogP contribution is 2.17. The number of aromatic nitrogens is 1. The third-order valence-corrected chi connectivity index (χ3v) is 4.03. The van der Waals surface area contributed by atoms with Gasteiger partial charge in [-0.1, -0.05) is 43.7 Å². The van der Waals surface area contributed by atoms with E-state index >= 15 is 0 Å². The molecule has 4 nitrogen and oxygen atoms in total. The van der Waals surface area contributed by atoms with Crippen LogP contribution < -0.4 is 10.9 Å². The SMILES string of the molecule is CCCCc1ccc(NC(=O)c2cc(=O)[nH]c3ccccc23)cc1. The maximum Gasteiger partial charge on any atom is 0.256 e.